The van der Waals surface area contributed by atoms with Crippen molar-refractivity contribution >= 4 is 33.0 Å². The fraction of sp³-hybridized carbons (Fsp3) is 0.200. The molecule has 5 heteroatoms. The van der Waals surface area contributed by atoms with Gasteiger partial charge in [-0.25, -0.2) is 4.39 Å². The van der Waals surface area contributed by atoms with Gasteiger partial charge in [-0.15, -0.1) is 0 Å². The van der Waals surface area contributed by atoms with Gasteiger partial charge in [-0.3, -0.25) is 0 Å². The normalized spacial score (nSPS) is 10.3. The van der Waals surface area contributed by atoms with Crippen LogP contribution in [0.15, 0.2) is 40.9 Å². The lowest BCUT2D eigenvalue weighted by molar-refractivity contribution is 0.301. The summed E-state index contributed by atoms with van der Waals surface area (Å²) in [6.45, 7) is 2.44. The zero-order valence-electron chi connectivity index (χ0n) is 11.1. The summed E-state index contributed by atoms with van der Waals surface area (Å²) in [4.78, 5) is 0. The Balaban J connectivity index is 2.26. The molecule has 0 spiro atoms. The number of halogens is 2. The Labute approximate surface area is 126 Å². The van der Waals surface area contributed by atoms with Crippen LogP contribution in [0.3, 0.4) is 0 Å². The number of ether oxygens (including phenoxy) is 1. The standard InChI is InChI=1S/C15H16BrFN2O/c1-2-6-20-15-9-14(13(18)8-12(15)17)19-11-5-3-4-10(16)7-11/h3-5,7-9,19H,2,6,18H2,1H3. The molecule has 20 heavy (non-hydrogen) atoms. The lowest BCUT2D eigenvalue weighted by Gasteiger charge is -2.13. The van der Waals surface area contributed by atoms with Crippen LogP contribution in [0.2, 0.25) is 0 Å². The topological polar surface area (TPSA) is 47.3 Å². The number of nitrogens with one attached hydrogen (secondary N) is 1. The molecule has 0 amide bonds. The first-order valence-electron chi connectivity index (χ1n) is 6.34. The molecular formula is C15H16BrFN2O. The van der Waals surface area contributed by atoms with Crippen LogP contribution in [0.4, 0.5) is 21.5 Å². The van der Waals surface area contributed by atoms with Crippen molar-refractivity contribution in [1.29, 1.82) is 0 Å². The SMILES string of the molecule is CCCOc1cc(Nc2cccc(Br)c2)c(N)cc1F. The van der Waals surface area contributed by atoms with Crippen LogP contribution in [-0.2, 0) is 0 Å². The molecule has 2 aromatic carbocycles. The molecule has 0 unspecified atom stereocenters. The summed E-state index contributed by atoms with van der Waals surface area (Å²) in [7, 11) is 0. The fourth-order valence-electron chi connectivity index (χ4n) is 1.72. The molecule has 0 saturated heterocycles. The van der Waals surface area contributed by atoms with Crippen molar-refractivity contribution in [3.8, 4) is 5.75 Å². The summed E-state index contributed by atoms with van der Waals surface area (Å²) >= 11 is 3.40. The van der Waals surface area contributed by atoms with E-state index in [-0.39, 0.29) is 5.75 Å². The highest BCUT2D eigenvalue weighted by molar-refractivity contribution is 9.10. The zero-order chi connectivity index (χ0) is 14.5. The van der Waals surface area contributed by atoms with E-state index in [1.807, 2.05) is 31.2 Å². The summed E-state index contributed by atoms with van der Waals surface area (Å²) in [6.07, 6.45) is 0.818. The van der Waals surface area contributed by atoms with Gasteiger partial charge in [-0.2, -0.15) is 0 Å². The highest BCUT2D eigenvalue weighted by Crippen LogP contribution is 2.31. The molecule has 106 valence electrons. The number of anilines is 3. The van der Waals surface area contributed by atoms with E-state index < -0.39 is 5.82 Å². The first-order chi connectivity index (χ1) is 9.60. The van der Waals surface area contributed by atoms with E-state index in [0.29, 0.717) is 18.0 Å². The van der Waals surface area contributed by atoms with Crippen LogP contribution >= 0.6 is 15.9 Å². The minimum Gasteiger partial charge on any atom is -0.490 e. The van der Waals surface area contributed by atoms with Gasteiger partial charge in [0.05, 0.1) is 18.0 Å². The second-order valence-corrected chi connectivity index (χ2v) is 5.27. The maximum Gasteiger partial charge on any atom is 0.167 e. The van der Waals surface area contributed by atoms with E-state index in [1.165, 1.54) is 6.07 Å². The van der Waals surface area contributed by atoms with Crippen LogP contribution in [0.25, 0.3) is 0 Å². The summed E-state index contributed by atoms with van der Waals surface area (Å²) in [6, 6.07) is 10.5. The molecule has 0 aliphatic rings. The maximum absolute atomic E-state index is 13.7. The summed E-state index contributed by atoms with van der Waals surface area (Å²) in [5.74, 6) is -0.241. The minimum absolute atomic E-state index is 0.207. The van der Waals surface area contributed by atoms with Crippen LogP contribution in [0.5, 0.6) is 5.75 Å². The molecule has 0 atom stereocenters. The number of hydrogen-bond acceptors (Lipinski definition) is 3. The molecule has 0 aliphatic carbocycles. The summed E-state index contributed by atoms with van der Waals surface area (Å²) in [5.41, 5.74) is 7.66. The molecule has 0 aliphatic heterocycles. The molecule has 0 radical (unpaired) electrons. The molecule has 3 nitrogen and oxygen atoms in total. The van der Waals surface area contributed by atoms with Crippen LogP contribution in [-0.4, -0.2) is 6.61 Å². The van der Waals surface area contributed by atoms with Crippen molar-refractivity contribution in [2.45, 2.75) is 13.3 Å². The number of benzene rings is 2. The number of nitrogens with two attached hydrogens (primary N) is 1. The van der Waals surface area contributed by atoms with Crippen LogP contribution < -0.4 is 15.8 Å². The largest absolute Gasteiger partial charge is 0.490 e. The van der Waals surface area contributed by atoms with Gasteiger partial charge in [0.25, 0.3) is 0 Å². The minimum atomic E-state index is -0.448. The third-order valence-electron chi connectivity index (χ3n) is 2.67. The van der Waals surface area contributed by atoms with E-state index in [4.69, 9.17) is 10.5 Å². The number of hydrogen-bond donors (Lipinski definition) is 2. The average molecular weight is 339 g/mol. The van der Waals surface area contributed by atoms with E-state index >= 15 is 0 Å². The predicted octanol–water partition coefficient (Wildman–Crippen LogP) is 4.70. The monoisotopic (exact) mass is 338 g/mol. The van der Waals surface area contributed by atoms with Gasteiger partial charge in [0.15, 0.2) is 11.6 Å². The number of nitrogen functional groups attached to an aromatic ring is 1. The van der Waals surface area contributed by atoms with Gasteiger partial charge in [0.1, 0.15) is 0 Å². The first kappa shape index (κ1) is 14.7. The number of rotatable bonds is 5. The van der Waals surface area contributed by atoms with E-state index in [2.05, 4.69) is 21.2 Å². The zero-order valence-corrected chi connectivity index (χ0v) is 12.7. The Morgan fingerprint density at radius 1 is 1.30 bits per heavy atom. The Hall–Kier alpha value is -1.75. The Morgan fingerprint density at radius 2 is 2.10 bits per heavy atom. The molecule has 2 aromatic rings. The smallest absolute Gasteiger partial charge is 0.167 e. The highest BCUT2D eigenvalue weighted by Gasteiger charge is 2.09. The molecule has 0 aromatic heterocycles. The molecule has 0 heterocycles. The maximum atomic E-state index is 13.7. The Kier molecular flexibility index (Phi) is 4.84. The van der Waals surface area contributed by atoms with Crippen molar-refractivity contribution in [3.05, 3.63) is 46.7 Å². The average Bonchev–Trinajstić information content (AvgIpc) is 2.40. The second kappa shape index (κ2) is 6.61. The van der Waals surface area contributed by atoms with E-state index in [0.717, 1.165) is 16.6 Å². The first-order valence-corrected chi connectivity index (χ1v) is 7.14. The second-order valence-electron chi connectivity index (χ2n) is 4.35. The lowest BCUT2D eigenvalue weighted by Crippen LogP contribution is -2.02. The molecule has 2 rings (SSSR count). The van der Waals surface area contributed by atoms with Gasteiger partial charge < -0.3 is 15.8 Å². The van der Waals surface area contributed by atoms with Gasteiger partial charge in [-0.1, -0.05) is 28.9 Å². The molecule has 0 fully saturated rings. The molecule has 0 saturated carbocycles. The van der Waals surface area contributed by atoms with Gasteiger partial charge in [0.2, 0.25) is 0 Å². The molecule has 0 bridgehead atoms. The fourth-order valence-corrected chi connectivity index (χ4v) is 2.12. The third kappa shape index (κ3) is 3.63. The summed E-state index contributed by atoms with van der Waals surface area (Å²) in [5, 5.41) is 3.16. The van der Waals surface area contributed by atoms with E-state index in [9.17, 15) is 4.39 Å². The van der Waals surface area contributed by atoms with Gasteiger partial charge in [-0.05, 0) is 24.6 Å². The third-order valence-corrected chi connectivity index (χ3v) is 3.16. The highest BCUT2D eigenvalue weighted by atomic mass is 79.9. The molecule has 3 N–H and O–H groups in total. The van der Waals surface area contributed by atoms with Crippen molar-refractivity contribution in [3.63, 3.8) is 0 Å². The quantitative estimate of drug-likeness (QED) is 0.776. The van der Waals surface area contributed by atoms with Crippen molar-refractivity contribution in [2.24, 2.45) is 0 Å². The Bertz CT molecular complexity index is 604. The van der Waals surface area contributed by atoms with Crippen molar-refractivity contribution in [1.82, 2.24) is 0 Å². The van der Waals surface area contributed by atoms with Crippen LogP contribution in [0.1, 0.15) is 13.3 Å². The molecular weight excluding hydrogens is 323 g/mol. The predicted molar refractivity (Wildman–Crippen MR) is 84.0 cm³/mol. The van der Waals surface area contributed by atoms with Crippen molar-refractivity contribution < 1.29 is 9.13 Å². The summed E-state index contributed by atoms with van der Waals surface area (Å²) < 4.78 is 20.0. The van der Waals surface area contributed by atoms with E-state index in [1.54, 1.807) is 6.07 Å². The van der Waals surface area contributed by atoms with Gasteiger partial charge in [0, 0.05) is 22.3 Å². The van der Waals surface area contributed by atoms with Crippen molar-refractivity contribution in [2.75, 3.05) is 17.7 Å². The van der Waals surface area contributed by atoms with Gasteiger partial charge >= 0.3 is 0 Å². The lowest BCUT2D eigenvalue weighted by atomic mass is 10.2. The van der Waals surface area contributed by atoms with Crippen LogP contribution in [0, 0.1) is 5.82 Å². The Morgan fingerprint density at radius 3 is 2.80 bits per heavy atom.